The Kier molecular flexibility index (Phi) is 33.9. The molecule has 0 bridgehead atoms. The second-order valence-corrected chi connectivity index (χ2v) is 15.3. The zero-order chi connectivity index (χ0) is 38.5. The molecule has 0 fully saturated rings. The lowest BCUT2D eigenvalue weighted by atomic mass is 10.1. The standard InChI is InChI=1S/C44H79NO7/c1-6-8-10-12-14-16-18-19-20-21-22-23-24-25-27-29-31-33-35-43(47)52-40(38-50-37-36-41(44(48)49)45(3,4)5)39-51-42(46)34-32-30-28-26-17-15-13-11-9-7-2/h13,15,20-23,40-41H,6-12,14,16-19,24-39H2,1-5H3/p+1/b15-13+,21-20+,23-22+. The Balaban J connectivity index is 4.38. The van der Waals surface area contributed by atoms with Crippen molar-refractivity contribution in [2.45, 2.75) is 187 Å². The molecular weight excluding hydrogens is 654 g/mol. The summed E-state index contributed by atoms with van der Waals surface area (Å²) in [6.07, 6.45) is 39.0. The van der Waals surface area contributed by atoms with Gasteiger partial charge in [0.25, 0.3) is 0 Å². The van der Waals surface area contributed by atoms with Crippen LogP contribution < -0.4 is 0 Å². The second-order valence-electron chi connectivity index (χ2n) is 15.3. The number of carbonyl (C=O) groups is 3. The van der Waals surface area contributed by atoms with Crippen LogP contribution in [0.5, 0.6) is 0 Å². The summed E-state index contributed by atoms with van der Waals surface area (Å²) in [7, 11) is 5.51. The molecule has 0 aromatic heterocycles. The molecule has 8 nitrogen and oxygen atoms in total. The van der Waals surface area contributed by atoms with Crippen LogP contribution in [0.2, 0.25) is 0 Å². The molecule has 302 valence electrons. The highest BCUT2D eigenvalue weighted by Gasteiger charge is 2.31. The Bertz CT molecular complexity index is 953. The zero-order valence-electron chi connectivity index (χ0n) is 34.3. The normalized spacial score (nSPS) is 13.3. The highest BCUT2D eigenvalue weighted by molar-refractivity contribution is 5.72. The highest BCUT2D eigenvalue weighted by Crippen LogP contribution is 2.13. The molecule has 0 aliphatic rings. The first-order valence-electron chi connectivity index (χ1n) is 21.0. The van der Waals surface area contributed by atoms with Crippen LogP contribution in [0.1, 0.15) is 174 Å². The van der Waals surface area contributed by atoms with Gasteiger partial charge in [-0.25, -0.2) is 4.79 Å². The van der Waals surface area contributed by atoms with E-state index in [1.165, 1.54) is 64.2 Å². The van der Waals surface area contributed by atoms with Crippen LogP contribution in [0.15, 0.2) is 36.5 Å². The predicted octanol–water partition coefficient (Wildman–Crippen LogP) is 11.1. The average Bonchev–Trinajstić information content (AvgIpc) is 3.09. The molecule has 2 atom stereocenters. The molecule has 0 saturated carbocycles. The van der Waals surface area contributed by atoms with Gasteiger partial charge in [-0.1, -0.05) is 134 Å². The monoisotopic (exact) mass is 735 g/mol. The molecule has 8 heteroatoms. The van der Waals surface area contributed by atoms with Crippen molar-refractivity contribution in [3.8, 4) is 0 Å². The van der Waals surface area contributed by atoms with E-state index in [4.69, 9.17) is 14.2 Å². The van der Waals surface area contributed by atoms with Crippen LogP contribution in [0.25, 0.3) is 0 Å². The summed E-state index contributed by atoms with van der Waals surface area (Å²) in [5.41, 5.74) is 0. The first-order valence-corrected chi connectivity index (χ1v) is 21.0. The molecule has 0 amide bonds. The van der Waals surface area contributed by atoms with Gasteiger partial charge in [0.05, 0.1) is 34.4 Å². The first kappa shape index (κ1) is 49.6. The fourth-order valence-corrected chi connectivity index (χ4v) is 5.94. The summed E-state index contributed by atoms with van der Waals surface area (Å²) in [6, 6.07) is -0.617. The summed E-state index contributed by atoms with van der Waals surface area (Å²) in [4.78, 5) is 36.8. The molecule has 0 aromatic rings. The minimum atomic E-state index is -0.880. The molecule has 2 unspecified atom stereocenters. The molecule has 1 N–H and O–H groups in total. The number of ether oxygens (including phenoxy) is 3. The number of carboxylic acids is 1. The van der Waals surface area contributed by atoms with Crippen molar-refractivity contribution in [2.75, 3.05) is 41.0 Å². The van der Waals surface area contributed by atoms with Crippen molar-refractivity contribution >= 4 is 17.9 Å². The number of allylic oxidation sites excluding steroid dienone is 6. The van der Waals surface area contributed by atoms with E-state index < -0.39 is 18.1 Å². The van der Waals surface area contributed by atoms with Crippen LogP contribution in [-0.4, -0.2) is 80.6 Å². The Morgan fingerprint density at radius 2 is 1.04 bits per heavy atom. The molecule has 0 spiro atoms. The molecule has 0 radical (unpaired) electrons. The van der Waals surface area contributed by atoms with Gasteiger partial charge in [-0.3, -0.25) is 9.59 Å². The molecule has 0 heterocycles. The Hall–Kier alpha value is -2.45. The minimum Gasteiger partial charge on any atom is -0.477 e. The van der Waals surface area contributed by atoms with Gasteiger partial charge >= 0.3 is 17.9 Å². The number of rotatable bonds is 37. The van der Waals surface area contributed by atoms with E-state index in [1.54, 1.807) is 0 Å². The maximum absolute atomic E-state index is 12.7. The third-order valence-corrected chi connectivity index (χ3v) is 9.29. The zero-order valence-corrected chi connectivity index (χ0v) is 34.3. The van der Waals surface area contributed by atoms with Gasteiger partial charge in [0.15, 0.2) is 12.1 Å². The quantitative estimate of drug-likeness (QED) is 0.0223. The summed E-state index contributed by atoms with van der Waals surface area (Å²) < 4.78 is 17.2. The maximum atomic E-state index is 12.7. The first-order chi connectivity index (χ1) is 25.1. The molecule has 0 saturated heterocycles. The van der Waals surface area contributed by atoms with E-state index >= 15 is 0 Å². The lowest BCUT2D eigenvalue weighted by Crippen LogP contribution is -2.50. The summed E-state index contributed by atoms with van der Waals surface area (Å²) in [5.74, 6) is -1.50. The van der Waals surface area contributed by atoms with Crippen molar-refractivity contribution in [3.63, 3.8) is 0 Å². The number of nitrogens with zero attached hydrogens (tertiary/aromatic N) is 1. The van der Waals surface area contributed by atoms with E-state index in [1.807, 2.05) is 21.1 Å². The van der Waals surface area contributed by atoms with Crippen LogP contribution in [0.3, 0.4) is 0 Å². The highest BCUT2D eigenvalue weighted by atomic mass is 16.6. The van der Waals surface area contributed by atoms with Gasteiger partial charge in [0, 0.05) is 19.3 Å². The van der Waals surface area contributed by atoms with Crippen LogP contribution in [-0.2, 0) is 28.6 Å². The lowest BCUT2D eigenvalue weighted by Gasteiger charge is -2.31. The van der Waals surface area contributed by atoms with E-state index in [2.05, 4.69) is 50.3 Å². The fourth-order valence-electron chi connectivity index (χ4n) is 5.94. The Morgan fingerprint density at radius 3 is 1.56 bits per heavy atom. The third kappa shape index (κ3) is 33.4. The van der Waals surface area contributed by atoms with Gasteiger partial charge in [0.2, 0.25) is 0 Å². The Morgan fingerprint density at radius 1 is 0.577 bits per heavy atom. The molecule has 0 aliphatic heterocycles. The summed E-state index contributed by atoms with van der Waals surface area (Å²) in [6.45, 7) is 4.65. The number of aliphatic carboxylic acids is 1. The SMILES string of the molecule is CCCC/C=C/CCCCCCC(=O)OCC(COCCC(C(=O)O)[N+](C)(C)C)OC(=O)CCCCCCC/C=C/C=C/CCCCCCCCC. The summed E-state index contributed by atoms with van der Waals surface area (Å²) >= 11 is 0. The second kappa shape index (κ2) is 35.6. The number of carbonyl (C=O) groups excluding carboxylic acids is 2. The topological polar surface area (TPSA) is 99.1 Å². The van der Waals surface area contributed by atoms with E-state index in [0.29, 0.717) is 19.3 Å². The van der Waals surface area contributed by atoms with E-state index in [0.717, 1.165) is 77.0 Å². The summed E-state index contributed by atoms with van der Waals surface area (Å²) in [5, 5.41) is 9.59. The molecule has 0 aliphatic carbocycles. The van der Waals surface area contributed by atoms with E-state index in [-0.39, 0.29) is 36.2 Å². The van der Waals surface area contributed by atoms with Crippen molar-refractivity contribution < 1.29 is 38.2 Å². The molecule has 0 rings (SSSR count). The van der Waals surface area contributed by atoms with Crippen LogP contribution >= 0.6 is 0 Å². The van der Waals surface area contributed by atoms with Gasteiger partial charge in [0.1, 0.15) is 6.61 Å². The number of unbranched alkanes of at least 4 members (excludes halogenated alkanes) is 18. The van der Waals surface area contributed by atoms with Crippen molar-refractivity contribution in [1.82, 2.24) is 0 Å². The third-order valence-electron chi connectivity index (χ3n) is 9.29. The average molecular weight is 735 g/mol. The van der Waals surface area contributed by atoms with Crippen LogP contribution in [0, 0.1) is 0 Å². The maximum Gasteiger partial charge on any atom is 0.362 e. The fraction of sp³-hybridized carbons (Fsp3) is 0.795. The van der Waals surface area contributed by atoms with Crippen molar-refractivity contribution in [3.05, 3.63) is 36.5 Å². The minimum absolute atomic E-state index is 0.0517. The largest absolute Gasteiger partial charge is 0.477 e. The van der Waals surface area contributed by atoms with Gasteiger partial charge in [-0.05, 0) is 57.8 Å². The number of hydrogen-bond donors (Lipinski definition) is 1. The number of esters is 2. The van der Waals surface area contributed by atoms with Crippen molar-refractivity contribution in [2.24, 2.45) is 0 Å². The van der Waals surface area contributed by atoms with E-state index in [9.17, 15) is 19.5 Å². The van der Waals surface area contributed by atoms with Crippen molar-refractivity contribution in [1.29, 1.82) is 0 Å². The number of hydrogen-bond acceptors (Lipinski definition) is 6. The molecule has 0 aromatic carbocycles. The number of likely N-dealkylation sites (N-methyl/N-ethyl adjacent to an activating group) is 1. The van der Waals surface area contributed by atoms with Crippen LogP contribution in [0.4, 0.5) is 0 Å². The molecular formula is C44H80NO7+. The Labute approximate surface area is 319 Å². The molecule has 52 heavy (non-hydrogen) atoms. The van der Waals surface area contributed by atoms with Gasteiger partial charge in [-0.2, -0.15) is 0 Å². The number of quaternary nitrogens is 1. The smallest absolute Gasteiger partial charge is 0.362 e. The van der Waals surface area contributed by atoms with Gasteiger partial charge in [-0.15, -0.1) is 0 Å². The van der Waals surface area contributed by atoms with Gasteiger partial charge < -0.3 is 23.8 Å². The number of carboxylic acid groups (broad SMARTS) is 1. The lowest BCUT2D eigenvalue weighted by molar-refractivity contribution is -0.887. The predicted molar refractivity (Wildman–Crippen MR) is 215 cm³/mol.